The molecule has 1 atom stereocenters. The van der Waals surface area contributed by atoms with Crippen molar-refractivity contribution in [1.82, 2.24) is 5.32 Å². The highest BCUT2D eigenvalue weighted by molar-refractivity contribution is 9.10. The Balaban J connectivity index is 2.05. The lowest BCUT2D eigenvalue weighted by Gasteiger charge is -2.16. The lowest BCUT2D eigenvalue weighted by atomic mass is 10.2. The summed E-state index contributed by atoms with van der Waals surface area (Å²) < 4.78 is 12.4. The summed E-state index contributed by atoms with van der Waals surface area (Å²) in [7, 11) is 0. The average Bonchev–Trinajstić information content (AvgIpc) is 3.23. The predicted molar refractivity (Wildman–Crippen MR) is 87.0 cm³/mol. The highest BCUT2D eigenvalue weighted by Gasteiger charge is 2.20. The molecule has 2 rings (SSSR count). The van der Waals surface area contributed by atoms with Crippen LogP contribution in [0.25, 0.3) is 0 Å². The molecule has 1 unspecified atom stereocenters. The van der Waals surface area contributed by atoms with Crippen LogP contribution in [0, 0.1) is 0 Å². The van der Waals surface area contributed by atoms with E-state index in [-0.39, 0.29) is 6.10 Å². The number of hydrogen-bond acceptors (Lipinski definition) is 4. The van der Waals surface area contributed by atoms with Crippen molar-refractivity contribution in [1.29, 1.82) is 0 Å². The Kier molecular flexibility index (Phi) is 6.33. The zero-order valence-electron chi connectivity index (χ0n) is 12.7. The van der Waals surface area contributed by atoms with E-state index in [1.807, 2.05) is 13.0 Å². The van der Waals surface area contributed by atoms with E-state index in [1.165, 1.54) is 18.4 Å². The number of benzene rings is 1. The van der Waals surface area contributed by atoms with Gasteiger partial charge in [-0.2, -0.15) is 0 Å². The largest absolute Gasteiger partial charge is 0.490 e. The lowest BCUT2D eigenvalue weighted by molar-refractivity contribution is 0.153. The second-order valence-corrected chi connectivity index (χ2v) is 6.33. The quantitative estimate of drug-likeness (QED) is 0.712. The average molecular weight is 358 g/mol. The van der Waals surface area contributed by atoms with Gasteiger partial charge in [0.1, 0.15) is 0 Å². The van der Waals surface area contributed by atoms with Crippen molar-refractivity contribution < 1.29 is 14.6 Å². The molecule has 1 aromatic rings. The van der Waals surface area contributed by atoms with Crippen molar-refractivity contribution in [3.63, 3.8) is 0 Å². The van der Waals surface area contributed by atoms with Crippen molar-refractivity contribution in [3.05, 3.63) is 22.2 Å². The third-order valence-electron chi connectivity index (χ3n) is 3.32. The van der Waals surface area contributed by atoms with Gasteiger partial charge in [0.15, 0.2) is 11.5 Å². The molecule has 118 valence electrons. The minimum Gasteiger partial charge on any atom is -0.490 e. The molecule has 1 aliphatic carbocycles. The first-order chi connectivity index (χ1) is 10.1. The molecule has 0 bridgehead atoms. The van der Waals surface area contributed by atoms with Gasteiger partial charge < -0.3 is 19.9 Å². The Hall–Kier alpha value is -0.780. The van der Waals surface area contributed by atoms with E-state index in [9.17, 15) is 5.11 Å². The van der Waals surface area contributed by atoms with Crippen molar-refractivity contribution in [3.8, 4) is 11.5 Å². The summed E-state index contributed by atoms with van der Waals surface area (Å²) in [6.07, 6.45) is 2.80. The van der Waals surface area contributed by atoms with Gasteiger partial charge in [-0.1, -0.05) is 0 Å². The Labute approximate surface area is 135 Å². The molecule has 0 aliphatic heterocycles. The van der Waals surface area contributed by atoms with Crippen LogP contribution in [0.1, 0.15) is 38.7 Å². The molecule has 1 fully saturated rings. The molecule has 0 amide bonds. The fourth-order valence-electron chi connectivity index (χ4n) is 2.01. The van der Waals surface area contributed by atoms with Crippen LogP contribution in [0.4, 0.5) is 0 Å². The maximum atomic E-state index is 9.31. The molecule has 0 saturated heterocycles. The van der Waals surface area contributed by atoms with Crippen LogP contribution in [0.2, 0.25) is 0 Å². The summed E-state index contributed by atoms with van der Waals surface area (Å²) >= 11 is 3.56. The summed E-state index contributed by atoms with van der Waals surface area (Å²) in [6, 6.07) is 4.78. The number of aliphatic hydroxyl groups excluding tert-OH is 1. The Morgan fingerprint density at radius 1 is 1.38 bits per heavy atom. The first-order valence-electron chi connectivity index (χ1n) is 7.59. The molecule has 1 aliphatic rings. The molecule has 1 saturated carbocycles. The minimum absolute atomic E-state index is 0.360. The highest BCUT2D eigenvalue weighted by atomic mass is 79.9. The van der Waals surface area contributed by atoms with Crippen LogP contribution in [-0.4, -0.2) is 30.5 Å². The molecular formula is C16H24BrNO3. The van der Waals surface area contributed by atoms with Crippen molar-refractivity contribution >= 4 is 15.9 Å². The monoisotopic (exact) mass is 357 g/mol. The number of aliphatic hydroxyl groups is 1. The minimum atomic E-state index is -0.360. The number of nitrogens with one attached hydrogen (secondary N) is 1. The maximum Gasteiger partial charge on any atom is 0.175 e. The van der Waals surface area contributed by atoms with Crippen LogP contribution < -0.4 is 14.8 Å². The molecule has 5 heteroatoms. The fraction of sp³-hybridized carbons (Fsp3) is 0.625. The zero-order valence-corrected chi connectivity index (χ0v) is 14.3. The maximum absolute atomic E-state index is 9.31. The molecule has 1 aromatic carbocycles. The Morgan fingerprint density at radius 3 is 2.76 bits per heavy atom. The molecule has 2 N–H and O–H groups in total. The topological polar surface area (TPSA) is 50.7 Å². The molecule has 0 radical (unpaired) electrons. The summed E-state index contributed by atoms with van der Waals surface area (Å²) in [5, 5.41) is 12.8. The predicted octanol–water partition coefficient (Wildman–Crippen LogP) is 3.25. The zero-order chi connectivity index (χ0) is 15.2. The fourth-order valence-corrected chi connectivity index (χ4v) is 2.61. The summed E-state index contributed by atoms with van der Waals surface area (Å²) in [6.45, 7) is 5.63. The molecule has 0 aromatic heterocycles. The number of halogens is 1. The second-order valence-electron chi connectivity index (χ2n) is 5.48. The van der Waals surface area contributed by atoms with Crippen LogP contribution in [0.5, 0.6) is 11.5 Å². The van der Waals surface area contributed by atoms with Crippen LogP contribution in [0.3, 0.4) is 0 Å². The molecule has 21 heavy (non-hydrogen) atoms. The van der Waals surface area contributed by atoms with Gasteiger partial charge in [-0.15, -0.1) is 0 Å². The van der Waals surface area contributed by atoms with Gasteiger partial charge in [0, 0.05) is 19.0 Å². The van der Waals surface area contributed by atoms with Crippen molar-refractivity contribution in [2.45, 2.75) is 51.8 Å². The third-order valence-corrected chi connectivity index (χ3v) is 3.91. The normalized spacial score (nSPS) is 15.8. The number of hydrogen-bond donors (Lipinski definition) is 2. The first-order valence-corrected chi connectivity index (χ1v) is 8.39. The molecule has 4 nitrogen and oxygen atoms in total. The Bertz CT molecular complexity index is 461. The van der Waals surface area contributed by atoms with E-state index in [0.717, 1.165) is 16.8 Å². The number of rotatable bonds is 9. The summed E-state index contributed by atoms with van der Waals surface area (Å²) in [4.78, 5) is 0. The van der Waals surface area contributed by atoms with Crippen molar-refractivity contribution in [2.75, 3.05) is 13.2 Å². The van der Waals surface area contributed by atoms with Gasteiger partial charge in [0.25, 0.3) is 0 Å². The number of ether oxygens (including phenoxy) is 2. The Morgan fingerprint density at radius 2 is 2.14 bits per heavy atom. The first kappa shape index (κ1) is 16.6. The highest BCUT2D eigenvalue weighted by Crippen LogP contribution is 2.37. The molecular weight excluding hydrogens is 334 g/mol. The van der Waals surface area contributed by atoms with Gasteiger partial charge in [-0.25, -0.2) is 0 Å². The van der Waals surface area contributed by atoms with Gasteiger partial charge in [0.2, 0.25) is 0 Å². The lowest BCUT2D eigenvalue weighted by Crippen LogP contribution is -2.15. The summed E-state index contributed by atoms with van der Waals surface area (Å²) in [5.74, 6) is 1.47. The smallest absolute Gasteiger partial charge is 0.175 e. The van der Waals surface area contributed by atoms with E-state index in [1.54, 1.807) is 6.92 Å². The van der Waals surface area contributed by atoms with E-state index in [0.29, 0.717) is 31.4 Å². The SMILES string of the molecule is CCOc1cc(CNC2CC2)cc(Br)c1OCCC(C)O. The standard InChI is InChI=1S/C16H24BrNO3/c1-3-20-15-9-12(10-18-13-4-5-13)8-14(17)16(15)21-7-6-11(2)19/h8-9,11,13,18-19H,3-7,10H2,1-2H3. The van der Waals surface area contributed by atoms with Crippen molar-refractivity contribution in [2.24, 2.45) is 0 Å². The molecule has 0 spiro atoms. The summed E-state index contributed by atoms with van der Waals surface area (Å²) in [5.41, 5.74) is 1.18. The molecule has 0 heterocycles. The van der Waals surface area contributed by atoms with E-state index in [2.05, 4.69) is 27.3 Å². The van der Waals surface area contributed by atoms with Crippen LogP contribution in [0.15, 0.2) is 16.6 Å². The van der Waals surface area contributed by atoms with E-state index >= 15 is 0 Å². The second kappa shape index (κ2) is 8.01. The van der Waals surface area contributed by atoms with Gasteiger partial charge >= 0.3 is 0 Å². The van der Waals surface area contributed by atoms with Gasteiger partial charge in [-0.05, 0) is 60.3 Å². The van der Waals surface area contributed by atoms with Gasteiger partial charge in [-0.3, -0.25) is 0 Å². The third kappa shape index (κ3) is 5.49. The van der Waals surface area contributed by atoms with E-state index < -0.39 is 0 Å². The van der Waals surface area contributed by atoms with Crippen LogP contribution in [-0.2, 0) is 6.54 Å². The van der Waals surface area contributed by atoms with E-state index in [4.69, 9.17) is 9.47 Å². The van der Waals surface area contributed by atoms with Crippen LogP contribution >= 0.6 is 15.9 Å². The van der Waals surface area contributed by atoms with Gasteiger partial charge in [0.05, 0.1) is 23.8 Å².